The van der Waals surface area contributed by atoms with Crippen LogP contribution in [0.4, 0.5) is 11.5 Å². The summed E-state index contributed by atoms with van der Waals surface area (Å²) in [6.45, 7) is 4.22. The molecule has 0 aliphatic heterocycles. The minimum absolute atomic E-state index is 0.0396. The van der Waals surface area contributed by atoms with E-state index in [0.29, 0.717) is 17.9 Å². The molecule has 0 spiro atoms. The molecule has 6 nitrogen and oxygen atoms in total. The molecule has 2 rings (SSSR count). The van der Waals surface area contributed by atoms with Gasteiger partial charge in [0, 0.05) is 35.8 Å². The summed E-state index contributed by atoms with van der Waals surface area (Å²) in [5.41, 5.74) is 1.64. The lowest BCUT2D eigenvalue weighted by Crippen LogP contribution is -2.09. The lowest BCUT2D eigenvalue weighted by atomic mass is 10.2. The molecule has 2 heterocycles. The van der Waals surface area contributed by atoms with E-state index in [9.17, 15) is 10.1 Å². The van der Waals surface area contributed by atoms with Crippen molar-refractivity contribution in [3.8, 4) is 0 Å². The molecule has 0 radical (unpaired) electrons. The van der Waals surface area contributed by atoms with Gasteiger partial charge in [0.25, 0.3) is 0 Å². The molecule has 2 aromatic heterocycles. The van der Waals surface area contributed by atoms with Gasteiger partial charge in [0.1, 0.15) is 0 Å². The van der Waals surface area contributed by atoms with E-state index in [1.807, 2.05) is 12.3 Å². The fourth-order valence-electron chi connectivity index (χ4n) is 1.72. The van der Waals surface area contributed by atoms with Gasteiger partial charge in [-0.15, -0.1) is 11.3 Å². The van der Waals surface area contributed by atoms with Crippen molar-refractivity contribution < 1.29 is 4.92 Å². The molecule has 0 saturated carbocycles. The van der Waals surface area contributed by atoms with Gasteiger partial charge < -0.3 is 5.32 Å². The van der Waals surface area contributed by atoms with Gasteiger partial charge in [-0.3, -0.25) is 10.1 Å². The van der Waals surface area contributed by atoms with E-state index < -0.39 is 4.92 Å². The zero-order valence-electron chi connectivity index (χ0n) is 10.7. The SMILES string of the molecule is Cc1csc(CCNc2nccc(C)c2[N+](=O)[O-])n1. The lowest BCUT2D eigenvalue weighted by Gasteiger charge is -2.06. The number of pyridine rings is 1. The van der Waals surface area contributed by atoms with E-state index >= 15 is 0 Å². The number of nitro groups is 1. The first-order valence-electron chi connectivity index (χ1n) is 5.83. The van der Waals surface area contributed by atoms with Crippen LogP contribution in [-0.2, 0) is 6.42 Å². The second kappa shape index (κ2) is 5.75. The van der Waals surface area contributed by atoms with Crippen LogP contribution in [0.15, 0.2) is 17.6 Å². The van der Waals surface area contributed by atoms with Crippen molar-refractivity contribution in [2.45, 2.75) is 20.3 Å². The Labute approximate surface area is 114 Å². The minimum Gasteiger partial charge on any atom is -0.364 e. The van der Waals surface area contributed by atoms with Crippen molar-refractivity contribution in [2.24, 2.45) is 0 Å². The van der Waals surface area contributed by atoms with Gasteiger partial charge in [-0.25, -0.2) is 9.97 Å². The molecule has 0 aromatic carbocycles. The molecule has 0 unspecified atom stereocenters. The number of rotatable bonds is 5. The third kappa shape index (κ3) is 3.25. The van der Waals surface area contributed by atoms with E-state index in [1.165, 1.54) is 0 Å². The molecule has 7 heteroatoms. The molecule has 0 bridgehead atoms. The summed E-state index contributed by atoms with van der Waals surface area (Å²) in [4.78, 5) is 19.0. The van der Waals surface area contributed by atoms with Gasteiger partial charge in [0.15, 0.2) is 0 Å². The van der Waals surface area contributed by atoms with E-state index in [4.69, 9.17) is 0 Å². The highest BCUT2D eigenvalue weighted by molar-refractivity contribution is 7.09. The Morgan fingerprint density at radius 2 is 2.26 bits per heavy atom. The number of hydrogen-bond donors (Lipinski definition) is 1. The number of anilines is 1. The molecule has 0 aliphatic carbocycles. The number of aryl methyl sites for hydroxylation is 2. The summed E-state index contributed by atoms with van der Waals surface area (Å²) < 4.78 is 0. The van der Waals surface area contributed by atoms with E-state index in [1.54, 1.807) is 30.5 Å². The van der Waals surface area contributed by atoms with Crippen LogP contribution < -0.4 is 5.32 Å². The Kier molecular flexibility index (Phi) is 4.06. The monoisotopic (exact) mass is 278 g/mol. The maximum Gasteiger partial charge on any atom is 0.314 e. The normalized spacial score (nSPS) is 10.4. The fourth-order valence-corrected chi connectivity index (χ4v) is 2.49. The van der Waals surface area contributed by atoms with Crippen molar-refractivity contribution >= 4 is 22.8 Å². The molecular formula is C12H14N4O2S. The van der Waals surface area contributed by atoms with Crippen molar-refractivity contribution in [2.75, 3.05) is 11.9 Å². The topological polar surface area (TPSA) is 81.0 Å². The maximum absolute atomic E-state index is 11.0. The van der Waals surface area contributed by atoms with Gasteiger partial charge in [-0.1, -0.05) is 0 Å². The number of aromatic nitrogens is 2. The fraction of sp³-hybridized carbons (Fsp3) is 0.333. The van der Waals surface area contributed by atoms with E-state index in [2.05, 4.69) is 15.3 Å². The summed E-state index contributed by atoms with van der Waals surface area (Å²) in [6, 6.07) is 1.63. The second-order valence-electron chi connectivity index (χ2n) is 4.14. The predicted octanol–water partition coefficient (Wildman–Crippen LogP) is 2.72. The average Bonchev–Trinajstić information content (AvgIpc) is 2.74. The van der Waals surface area contributed by atoms with Crippen LogP contribution in [0.5, 0.6) is 0 Å². The molecule has 1 N–H and O–H groups in total. The third-order valence-corrected chi connectivity index (χ3v) is 3.63. The molecule has 0 amide bonds. The van der Waals surface area contributed by atoms with Crippen LogP contribution in [0.1, 0.15) is 16.3 Å². The van der Waals surface area contributed by atoms with Crippen LogP contribution >= 0.6 is 11.3 Å². The van der Waals surface area contributed by atoms with Crippen LogP contribution in [0, 0.1) is 24.0 Å². The summed E-state index contributed by atoms with van der Waals surface area (Å²) in [6.07, 6.45) is 2.30. The molecule has 100 valence electrons. The van der Waals surface area contributed by atoms with Crippen LogP contribution in [0.3, 0.4) is 0 Å². The lowest BCUT2D eigenvalue weighted by molar-refractivity contribution is -0.384. The summed E-state index contributed by atoms with van der Waals surface area (Å²) >= 11 is 1.59. The van der Waals surface area contributed by atoms with Gasteiger partial charge in [-0.2, -0.15) is 0 Å². The van der Waals surface area contributed by atoms with Gasteiger partial charge in [-0.05, 0) is 19.9 Å². The van der Waals surface area contributed by atoms with Gasteiger partial charge in [0.05, 0.1) is 9.93 Å². The second-order valence-corrected chi connectivity index (χ2v) is 5.08. The Bertz CT molecular complexity index is 597. The molecule has 0 saturated heterocycles. The molecule has 0 atom stereocenters. The van der Waals surface area contributed by atoms with Gasteiger partial charge in [0.2, 0.25) is 5.82 Å². The highest BCUT2D eigenvalue weighted by Gasteiger charge is 2.17. The molecule has 19 heavy (non-hydrogen) atoms. The smallest absolute Gasteiger partial charge is 0.314 e. The van der Waals surface area contributed by atoms with Crippen LogP contribution in [0.25, 0.3) is 0 Å². The number of thiazole rings is 1. The predicted molar refractivity (Wildman–Crippen MR) is 74.7 cm³/mol. The van der Waals surface area contributed by atoms with Crippen molar-refractivity contribution in [3.63, 3.8) is 0 Å². The van der Waals surface area contributed by atoms with E-state index in [0.717, 1.165) is 17.1 Å². The van der Waals surface area contributed by atoms with Crippen LogP contribution in [0.2, 0.25) is 0 Å². The third-order valence-electron chi connectivity index (χ3n) is 2.61. The number of nitrogens with zero attached hydrogens (tertiary/aromatic N) is 3. The first-order valence-corrected chi connectivity index (χ1v) is 6.71. The minimum atomic E-state index is -0.405. The molecule has 2 aromatic rings. The van der Waals surface area contributed by atoms with Crippen LogP contribution in [-0.4, -0.2) is 21.4 Å². The first-order chi connectivity index (χ1) is 9.08. The van der Waals surface area contributed by atoms with Crippen molar-refractivity contribution in [1.29, 1.82) is 0 Å². The summed E-state index contributed by atoms with van der Waals surface area (Å²) in [5, 5.41) is 17.0. The molecular weight excluding hydrogens is 264 g/mol. The standard InChI is InChI=1S/C12H14N4O2S/c1-8-3-5-13-12(11(8)16(17)18)14-6-4-10-15-9(2)7-19-10/h3,5,7H,4,6H2,1-2H3,(H,13,14). The zero-order valence-corrected chi connectivity index (χ0v) is 11.5. The highest BCUT2D eigenvalue weighted by Crippen LogP contribution is 2.25. The van der Waals surface area contributed by atoms with Crippen molar-refractivity contribution in [1.82, 2.24) is 9.97 Å². The average molecular weight is 278 g/mol. The molecule has 0 aliphatic rings. The van der Waals surface area contributed by atoms with Gasteiger partial charge >= 0.3 is 5.69 Å². The quantitative estimate of drug-likeness (QED) is 0.671. The summed E-state index contributed by atoms with van der Waals surface area (Å²) in [7, 11) is 0. The Hall–Kier alpha value is -2.02. The van der Waals surface area contributed by atoms with Crippen molar-refractivity contribution in [3.05, 3.63) is 44.0 Å². The number of nitrogens with one attached hydrogen (secondary N) is 1. The Morgan fingerprint density at radius 3 is 2.89 bits per heavy atom. The molecule has 0 fully saturated rings. The number of hydrogen-bond acceptors (Lipinski definition) is 6. The Morgan fingerprint density at radius 1 is 1.47 bits per heavy atom. The largest absolute Gasteiger partial charge is 0.364 e. The first kappa shape index (κ1) is 13.4. The highest BCUT2D eigenvalue weighted by atomic mass is 32.1. The maximum atomic E-state index is 11.0. The Balaban J connectivity index is 2.03. The van der Waals surface area contributed by atoms with E-state index in [-0.39, 0.29) is 5.69 Å². The zero-order chi connectivity index (χ0) is 13.8. The summed E-state index contributed by atoms with van der Waals surface area (Å²) in [5.74, 6) is 0.318.